The molecule has 1 amide bonds. The van der Waals surface area contributed by atoms with E-state index in [1.54, 1.807) is 0 Å². The van der Waals surface area contributed by atoms with Crippen LogP contribution in [0, 0.1) is 6.92 Å². The summed E-state index contributed by atoms with van der Waals surface area (Å²) in [6.45, 7) is 7.22. The Bertz CT molecular complexity index is 729. The molecule has 3 rings (SSSR count). The van der Waals surface area contributed by atoms with E-state index >= 15 is 0 Å². The lowest BCUT2D eigenvalue weighted by Crippen LogP contribution is -2.52. The maximum atomic E-state index is 12.6. The third-order valence-corrected chi connectivity index (χ3v) is 4.56. The van der Waals surface area contributed by atoms with Crippen LogP contribution in [0.4, 0.5) is 0 Å². The number of ether oxygens (including phenoxy) is 1. The van der Waals surface area contributed by atoms with E-state index in [1.807, 2.05) is 35.2 Å². The fourth-order valence-electron chi connectivity index (χ4n) is 3.20. The van der Waals surface area contributed by atoms with Crippen LogP contribution in [0.1, 0.15) is 23.6 Å². The SMILES string of the molecule is Cc1cccc(COc2cccc(CC(=O)N3CCNCC3C)c2)c1. The van der Waals surface area contributed by atoms with E-state index < -0.39 is 0 Å². The molecule has 1 aliphatic heterocycles. The summed E-state index contributed by atoms with van der Waals surface area (Å²) in [5.41, 5.74) is 3.37. The van der Waals surface area contributed by atoms with E-state index in [-0.39, 0.29) is 11.9 Å². The Hall–Kier alpha value is -2.33. The molecule has 0 radical (unpaired) electrons. The molecule has 0 aliphatic carbocycles. The molecule has 1 N–H and O–H groups in total. The molecule has 1 heterocycles. The summed E-state index contributed by atoms with van der Waals surface area (Å²) in [6, 6.07) is 16.4. The molecule has 0 spiro atoms. The summed E-state index contributed by atoms with van der Waals surface area (Å²) in [4.78, 5) is 14.5. The van der Waals surface area contributed by atoms with Crippen molar-refractivity contribution in [2.24, 2.45) is 0 Å². The molecule has 4 heteroatoms. The number of aryl methyl sites for hydroxylation is 1. The van der Waals surface area contributed by atoms with E-state index in [0.717, 1.165) is 36.5 Å². The normalized spacial score (nSPS) is 17.4. The fourth-order valence-corrected chi connectivity index (χ4v) is 3.20. The predicted molar refractivity (Wildman–Crippen MR) is 99.7 cm³/mol. The predicted octanol–water partition coefficient (Wildman–Crippen LogP) is 2.94. The van der Waals surface area contributed by atoms with E-state index in [2.05, 4.69) is 37.4 Å². The number of rotatable bonds is 5. The molecule has 2 aromatic rings. The highest BCUT2D eigenvalue weighted by atomic mass is 16.5. The van der Waals surface area contributed by atoms with E-state index in [9.17, 15) is 4.79 Å². The third kappa shape index (κ3) is 4.83. The third-order valence-electron chi connectivity index (χ3n) is 4.56. The van der Waals surface area contributed by atoms with Crippen molar-refractivity contribution in [2.75, 3.05) is 19.6 Å². The van der Waals surface area contributed by atoms with Crippen molar-refractivity contribution >= 4 is 5.91 Å². The second-order valence-corrected chi connectivity index (χ2v) is 6.74. The molecule has 0 aromatic heterocycles. The number of hydrogen-bond donors (Lipinski definition) is 1. The number of hydrogen-bond acceptors (Lipinski definition) is 3. The van der Waals surface area contributed by atoms with Crippen LogP contribution < -0.4 is 10.1 Å². The molecule has 132 valence electrons. The van der Waals surface area contributed by atoms with Crippen molar-refractivity contribution in [1.29, 1.82) is 0 Å². The minimum atomic E-state index is 0.185. The first kappa shape index (κ1) is 17.5. The van der Waals surface area contributed by atoms with Gasteiger partial charge in [0.1, 0.15) is 12.4 Å². The van der Waals surface area contributed by atoms with Gasteiger partial charge in [-0.1, -0.05) is 42.0 Å². The van der Waals surface area contributed by atoms with Crippen LogP contribution in [-0.2, 0) is 17.8 Å². The number of benzene rings is 2. The average molecular weight is 338 g/mol. The highest BCUT2D eigenvalue weighted by Gasteiger charge is 2.22. The second-order valence-electron chi connectivity index (χ2n) is 6.74. The van der Waals surface area contributed by atoms with Gasteiger partial charge in [-0.15, -0.1) is 0 Å². The van der Waals surface area contributed by atoms with Crippen molar-refractivity contribution in [3.8, 4) is 5.75 Å². The van der Waals surface area contributed by atoms with Crippen molar-refractivity contribution in [2.45, 2.75) is 32.9 Å². The van der Waals surface area contributed by atoms with Gasteiger partial charge in [0.15, 0.2) is 0 Å². The monoisotopic (exact) mass is 338 g/mol. The second kappa shape index (κ2) is 8.17. The fraction of sp³-hybridized carbons (Fsp3) is 0.381. The van der Waals surface area contributed by atoms with E-state index in [1.165, 1.54) is 5.56 Å². The summed E-state index contributed by atoms with van der Waals surface area (Å²) in [6.07, 6.45) is 0.423. The Labute approximate surface area is 149 Å². The zero-order chi connectivity index (χ0) is 17.6. The lowest BCUT2D eigenvalue weighted by atomic mass is 10.1. The smallest absolute Gasteiger partial charge is 0.227 e. The van der Waals surface area contributed by atoms with Gasteiger partial charge in [0.05, 0.1) is 6.42 Å². The van der Waals surface area contributed by atoms with Gasteiger partial charge in [0, 0.05) is 25.7 Å². The van der Waals surface area contributed by atoms with Crippen molar-refractivity contribution < 1.29 is 9.53 Å². The molecule has 2 aromatic carbocycles. The largest absolute Gasteiger partial charge is 0.489 e. The van der Waals surface area contributed by atoms with Crippen LogP contribution in [-0.4, -0.2) is 36.5 Å². The quantitative estimate of drug-likeness (QED) is 0.911. The Kier molecular flexibility index (Phi) is 5.71. The van der Waals surface area contributed by atoms with Gasteiger partial charge >= 0.3 is 0 Å². The van der Waals surface area contributed by atoms with Gasteiger partial charge < -0.3 is 15.0 Å². The zero-order valence-corrected chi connectivity index (χ0v) is 15.0. The number of carbonyl (C=O) groups excluding carboxylic acids is 1. The molecule has 0 saturated carbocycles. The lowest BCUT2D eigenvalue weighted by molar-refractivity contribution is -0.133. The first-order valence-corrected chi connectivity index (χ1v) is 8.89. The van der Waals surface area contributed by atoms with E-state index in [4.69, 9.17) is 4.74 Å². The van der Waals surface area contributed by atoms with Gasteiger partial charge in [-0.2, -0.15) is 0 Å². The molecule has 0 bridgehead atoms. The summed E-state index contributed by atoms with van der Waals surface area (Å²) in [7, 11) is 0. The van der Waals surface area contributed by atoms with Crippen LogP contribution in [0.3, 0.4) is 0 Å². The van der Waals surface area contributed by atoms with Gasteiger partial charge in [-0.25, -0.2) is 0 Å². The van der Waals surface area contributed by atoms with Crippen LogP contribution in [0.5, 0.6) is 5.75 Å². The summed E-state index contributed by atoms with van der Waals surface area (Å²) < 4.78 is 5.90. The molecular formula is C21H26N2O2. The van der Waals surface area contributed by atoms with Crippen LogP contribution in [0.2, 0.25) is 0 Å². The minimum absolute atomic E-state index is 0.185. The summed E-state index contributed by atoms with van der Waals surface area (Å²) in [5, 5.41) is 3.31. The number of nitrogens with zero attached hydrogens (tertiary/aromatic N) is 1. The molecule has 25 heavy (non-hydrogen) atoms. The highest BCUT2D eigenvalue weighted by molar-refractivity contribution is 5.79. The van der Waals surface area contributed by atoms with Crippen LogP contribution in [0.25, 0.3) is 0 Å². The molecule has 1 aliphatic rings. The van der Waals surface area contributed by atoms with Gasteiger partial charge in [0.2, 0.25) is 5.91 Å². The number of carbonyl (C=O) groups is 1. The first-order valence-electron chi connectivity index (χ1n) is 8.89. The minimum Gasteiger partial charge on any atom is -0.489 e. The van der Waals surface area contributed by atoms with E-state index in [0.29, 0.717) is 13.0 Å². The van der Waals surface area contributed by atoms with Crippen molar-refractivity contribution in [1.82, 2.24) is 10.2 Å². The molecule has 1 fully saturated rings. The zero-order valence-electron chi connectivity index (χ0n) is 15.0. The Morgan fingerprint density at radius 1 is 1.20 bits per heavy atom. The molecule has 1 unspecified atom stereocenters. The standard InChI is InChI=1S/C21H26N2O2/c1-16-5-3-7-19(11-16)15-25-20-8-4-6-18(12-20)13-21(24)23-10-9-22-14-17(23)2/h3-8,11-12,17,22H,9-10,13-15H2,1-2H3. The highest BCUT2D eigenvalue weighted by Crippen LogP contribution is 2.17. The first-order chi connectivity index (χ1) is 12.1. The van der Waals surface area contributed by atoms with Gasteiger partial charge in [-0.3, -0.25) is 4.79 Å². The topological polar surface area (TPSA) is 41.6 Å². The number of nitrogens with one attached hydrogen (secondary N) is 1. The average Bonchev–Trinajstić information content (AvgIpc) is 2.61. The Morgan fingerprint density at radius 3 is 2.80 bits per heavy atom. The maximum absolute atomic E-state index is 12.6. The Balaban J connectivity index is 1.60. The van der Waals surface area contributed by atoms with Crippen molar-refractivity contribution in [3.63, 3.8) is 0 Å². The Morgan fingerprint density at radius 2 is 2.00 bits per heavy atom. The van der Waals surface area contributed by atoms with Gasteiger partial charge in [-0.05, 0) is 37.1 Å². The summed E-state index contributed by atoms with van der Waals surface area (Å²) >= 11 is 0. The van der Waals surface area contributed by atoms with Crippen LogP contribution >= 0.6 is 0 Å². The molecule has 1 atom stereocenters. The van der Waals surface area contributed by atoms with Crippen molar-refractivity contribution in [3.05, 3.63) is 65.2 Å². The maximum Gasteiger partial charge on any atom is 0.227 e. The van der Waals surface area contributed by atoms with Crippen LogP contribution in [0.15, 0.2) is 48.5 Å². The molecular weight excluding hydrogens is 312 g/mol. The lowest BCUT2D eigenvalue weighted by Gasteiger charge is -2.34. The number of amides is 1. The van der Waals surface area contributed by atoms with Gasteiger partial charge in [0.25, 0.3) is 0 Å². The molecule has 1 saturated heterocycles. The number of piperazine rings is 1. The summed E-state index contributed by atoms with van der Waals surface area (Å²) in [5.74, 6) is 0.991. The molecule has 4 nitrogen and oxygen atoms in total.